The second-order valence-corrected chi connectivity index (χ2v) is 10.2. The molecule has 0 aliphatic heterocycles. The Labute approximate surface area is 155 Å². The molecular formula is C21H34O5. The van der Waals surface area contributed by atoms with E-state index in [9.17, 15) is 25.2 Å². The summed E-state index contributed by atoms with van der Waals surface area (Å²) in [6, 6.07) is 0. The minimum atomic E-state index is -1.52. The van der Waals surface area contributed by atoms with Gasteiger partial charge in [0.05, 0.1) is 12.2 Å². The van der Waals surface area contributed by atoms with Gasteiger partial charge < -0.3 is 20.4 Å². The molecule has 0 aromatic rings. The van der Waals surface area contributed by atoms with Crippen molar-refractivity contribution < 1.29 is 25.2 Å². The monoisotopic (exact) mass is 366 g/mol. The molecule has 0 saturated heterocycles. The van der Waals surface area contributed by atoms with E-state index >= 15 is 0 Å². The van der Waals surface area contributed by atoms with Crippen molar-refractivity contribution >= 4 is 5.78 Å². The molecule has 4 saturated carbocycles. The quantitative estimate of drug-likeness (QED) is 0.596. The molecule has 4 rings (SSSR count). The molecule has 4 aliphatic rings. The number of aliphatic hydroxyl groups is 4. The standard InChI is InChI=1S/C21H34O5/c1-19-7-5-13(23)9-12(19)3-4-14-15-6-8-21(26,17(25)11-22)20(15,2)10-16(24)18(14)19/h12-16,18,22-24,26H,3-11H2,1-2H3/t12-,13-,14-,15-,16+,18+,19-,20-,21-/m0/s1. The topological polar surface area (TPSA) is 98.0 Å². The summed E-state index contributed by atoms with van der Waals surface area (Å²) in [5.74, 6) is 0.653. The predicted octanol–water partition coefficient (Wildman–Crippen LogP) is 1.65. The summed E-state index contributed by atoms with van der Waals surface area (Å²) in [6.45, 7) is 3.61. The lowest BCUT2D eigenvalue weighted by Gasteiger charge is -2.62. The lowest BCUT2D eigenvalue weighted by molar-refractivity contribution is -0.202. The number of carbonyl (C=O) groups is 1. The van der Waals surface area contributed by atoms with Gasteiger partial charge in [-0.25, -0.2) is 0 Å². The van der Waals surface area contributed by atoms with Gasteiger partial charge in [0.1, 0.15) is 12.2 Å². The summed E-state index contributed by atoms with van der Waals surface area (Å²) in [4.78, 5) is 12.4. The zero-order chi connectivity index (χ0) is 18.9. The largest absolute Gasteiger partial charge is 0.393 e. The van der Waals surface area contributed by atoms with E-state index in [-0.39, 0.29) is 23.4 Å². The Kier molecular flexibility index (Phi) is 4.35. The molecule has 5 heteroatoms. The number of Topliss-reactive ketones (excluding diaryl/α,β-unsaturated/α-hetero) is 1. The van der Waals surface area contributed by atoms with Gasteiger partial charge in [-0.15, -0.1) is 0 Å². The van der Waals surface area contributed by atoms with Gasteiger partial charge >= 0.3 is 0 Å². The third-order valence-corrected chi connectivity index (χ3v) is 9.33. The van der Waals surface area contributed by atoms with Crippen molar-refractivity contribution in [1.29, 1.82) is 0 Å². The van der Waals surface area contributed by atoms with E-state index in [2.05, 4.69) is 6.92 Å². The van der Waals surface area contributed by atoms with E-state index in [1.54, 1.807) is 0 Å². The van der Waals surface area contributed by atoms with E-state index in [0.717, 1.165) is 38.5 Å². The summed E-state index contributed by atoms with van der Waals surface area (Å²) in [6.07, 6.45) is 5.48. The molecule has 26 heavy (non-hydrogen) atoms. The van der Waals surface area contributed by atoms with Crippen molar-refractivity contribution in [3.05, 3.63) is 0 Å². The van der Waals surface area contributed by atoms with Crippen LogP contribution in [0, 0.1) is 34.5 Å². The van der Waals surface area contributed by atoms with Crippen LogP contribution >= 0.6 is 0 Å². The summed E-state index contributed by atoms with van der Waals surface area (Å²) in [5.41, 5.74) is -2.14. The lowest BCUT2D eigenvalue weighted by Crippen LogP contribution is -2.63. The van der Waals surface area contributed by atoms with E-state index in [1.165, 1.54) is 0 Å². The zero-order valence-electron chi connectivity index (χ0n) is 16.0. The third-order valence-electron chi connectivity index (χ3n) is 9.33. The maximum absolute atomic E-state index is 12.4. The van der Waals surface area contributed by atoms with Crippen molar-refractivity contribution in [2.75, 3.05) is 6.61 Å². The molecule has 0 spiro atoms. The summed E-state index contributed by atoms with van der Waals surface area (Å²) < 4.78 is 0. The highest BCUT2D eigenvalue weighted by Gasteiger charge is 2.68. The number of hydrogen-bond acceptors (Lipinski definition) is 5. The fourth-order valence-electron chi connectivity index (χ4n) is 7.95. The van der Waals surface area contributed by atoms with Crippen LogP contribution in [0.2, 0.25) is 0 Å². The Hall–Kier alpha value is -0.490. The van der Waals surface area contributed by atoms with Crippen molar-refractivity contribution in [2.24, 2.45) is 34.5 Å². The molecule has 4 N–H and O–H groups in total. The molecule has 9 atom stereocenters. The van der Waals surface area contributed by atoms with E-state index in [0.29, 0.717) is 24.7 Å². The number of carbonyl (C=O) groups excluding carboxylic acids is 1. The minimum Gasteiger partial charge on any atom is -0.393 e. The van der Waals surface area contributed by atoms with E-state index in [1.807, 2.05) is 6.92 Å². The van der Waals surface area contributed by atoms with Crippen molar-refractivity contribution in [3.8, 4) is 0 Å². The Morgan fingerprint density at radius 1 is 1.08 bits per heavy atom. The van der Waals surface area contributed by atoms with Gasteiger partial charge in [-0.2, -0.15) is 0 Å². The van der Waals surface area contributed by atoms with Crippen molar-refractivity contribution in [3.63, 3.8) is 0 Å². The van der Waals surface area contributed by atoms with Crippen LogP contribution in [0.1, 0.15) is 65.2 Å². The van der Waals surface area contributed by atoms with Crippen LogP contribution in [0.4, 0.5) is 0 Å². The van der Waals surface area contributed by atoms with Crippen LogP contribution < -0.4 is 0 Å². The second kappa shape index (κ2) is 6.00. The highest BCUT2D eigenvalue weighted by molar-refractivity contribution is 5.89. The Bertz CT molecular complexity index is 593. The molecule has 4 aliphatic carbocycles. The number of ketones is 1. The minimum absolute atomic E-state index is 0.0323. The van der Waals surface area contributed by atoms with Crippen LogP contribution in [-0.2, 0) is 4.79 Å². The molecule has 5 nitrogen and oxygen atoms in total. The molecular weight excluding hydrogens is 332 g/mol. The van der Waals surface area contributed by atoms with Gasteiger partial charge in [-0.1, -0.05) is 13.8 Å². The zero-order valence-corrected chi connectivity index (χ0v) is 16.0. The highest BCUT2D eigenvalue weighted by Crippen LogP contribution is 2.68. The maximum atomic E-state index is 12.4. The lowest BCUT2D eigenvalue weighted by atomic mass is 9.43. The smallest absolute Gasteiger partial charge is 0.190 e. The molecule has 0 bridgehead atoms. The van der Waals surface area contributed by atoms with Gasteiger partial charge in [0, 0.05) is 5.41 Å². The second-order valence-electron chi connectivity index (χ2n) is 10.2. The SMILES string of the molecule is C[C@]12CC[C@H](O)C[C@@H]1CC[C@@H]1[C@@H]2[C@H](O)C[C@@]2(C)[C@H]1CC[C@]2(O)C(=O)CO. The van der Waals surface area contributed by atoms with E-state index in [4.69, 9.17) is 0 Å². The van der Waals surface area contributed by atoms with Crippen LogP contribution in [0.5, 0.6) is 0 Å². The molecule has 0 aromatic heterocycles. The van der Waals surface area contributed by atoms with Gasteiger partial charge in [-0.3, -0.25) is 4.79 Å². The van der Waals surface area contributed by atoms with Gasteiger partial charge in [0.2, 0.25) is 0 Å². The molecule has 0 amide bonds. The average molecular weight is 366 g/mol. The van der Waals surface area contributed by atoms with Crippen molar-refractivity contribution in [2.45, 2.75) is 83.0 Å². The normalized spacial score (nSPS) is 56.4. The van der Waals surface area contributed by atoms with Crippen LogP contribution in [0.25, 0.3) is 0 Å². The summed E-state index contributed by atoms with van der Waals surface area (Å²) in [5, 5.41) is 41.9. The first-order valence-corrected chi connectivity index (χ1v) is 10.4. The molecule has 0 unspecified atom stereocenters. The molecule has 148 valence electrons. The Balaban J connectivity index is 1.69. The molecule has 4 fully saturated rings. The number of rotatable bonds is 2. The van der Waals surface area contributed by atoms with Crippen LogP contribution in [0.3, 0.4) is 0 Å². The predicted molar refractivity (Wildman–Crippen MR) is 96.2 cm³/mol. The summed E-state index contributed by atoms with van der Waals surface area (Å²) >= 11 is 0. The molecule has 0 heterocycles. The number of hydrogen-bond donors (Lipinski definition) is 4. The van der Waals surface area contributed by atoms with Crippen molar-refractivity contribution in [1.82, 2.24) is 0 Å². The Morgan fingerprint density at radius 3 is 2.50 bits per heavy atom. The first-order valence-electron chi connectivity index (χ1n) is 10.4. The molecule has 0 radical (unpaired) electrons. The van der Waals surface area contributed by atoms with Gasteiger partial charge in [-0.05, 0) is 80.5 Å². The maximum Gasteiger partial charge on any atom is 0.190 e. The van der Waals surface area contributed by atoms with E-state index < -0.39 is 29.5 Å². The molecule has 0 aromatic carbocycles. The van der Waals surface area contributed by atoms with Gasteiger partial charge in [0.15, 0.2) is 5.78 Å². The number of aliphatic hydroxyl groups excluding tert-OH is 3. The summed E-state index contributed by atoms with van der Waals surface area (Å²) in [7, 11) is 0. The fourth-order valence-corrected chi connectivity index (χ4v) is 7.95. The highest BCUT2D eigenvalue weighted by atomic mass is 16.3. The number of fused-ring (bicyclic) bond motifs is 5. The van der Waals surface area contributed by atoms with Gasteiger partial charge in [0.25, 0.3) is 0 Å². The third kappa shape index (κ3) is 2.27. The first-order chi connectivity index (χ1) is 12.2. The first kappa shape index (κ1) is 18.9. The fraction of sp³-hybridized carbons (Fsp3) is 0.952. The Morgan fingerprint density at radius 2 is 1.81 bits per heavy atom. The average Bonchev–Trinajstić information content (AvgIpc) is 2.86. The van der Waals surface area contributed by atoms with Crippen LogP contribution in [0.15, 0.2) is 0 Å². The van der Waals surface area contributed by atoms with Crippen LogP contribution in [-0.4, -0.2) is 50.6 Å².